The molecule has 0 fully saturated rings. The second-order valence-corrected chi connectivity index (χ2v) is 8.31. The van der Waals surface area contributed by atoms with Crippen LogP contribution in [0.3, 0.4) is 0 Å². The molecular formula is C20H19F3N2O5S. The van der Waals surface area contributed by atoms with Gasteiger partial charge in [0.05, 0.1) is 34.8 Å². The van der Waals surface area contributed by atoms with Gasteiger partial charge in [0, 0.05) is 0 Å². The van der Waals surface area contributed by atoms with Gasteiger partial charge >= 0.3 is 12.1 Å². The largest absolute Gasteiger partial charge is 0.464 e. The molecule has 1 atom stereocenters. The van der Waals surface area contributed by atoms with Crippen LogP contribution in [-0.2, 0) is 37.1 Å². The Balaban J connectivity index is 2.11. The molecule has 0 saturated carbocycles. The lowest BCUT2D eigenvalue weighted by Gasteiger charge is -2.15. The van der Waals surface area contributed by atoms with Gasteiger partial charge in [0.1, 0.15) is 5.69 Å². The van der Waals surface area contributed by atoms with Gasteiger partial charge in [0.25, 0.3) is 10.0 Å². The van der Waals surface area contributed by atoms with E-state index in [1.165, 1.54) is 37.3 Å². The number of esters is 1. The molecule has 2 aromatic heterocycles. The van der Waals surface area contributed by atoms with Gasteiger partial charge in [-0.15, -0.1) is 0 Å². The zero-order valence-electron chi connectivity index (χ0n) is 16.6. The van der Waals surface area contributed by atoms with Crippen molar-refractivity contribution < 1.29 is 35.9 Å². The van der Waals surface area contributed by atoms with E-state index in [4.69, 9.17) is 9.47 Å². The summed E-state index contributed by atoms with van der Waals surface area (Å²) < 4.78 is 76.9. The van der Waals surface area contributed by atoms with Gasteiger partial charge in [-0.25, -0.2) is 22.2 Å². The topological polar surface area (TPSA) is 87.5 Å². The number of fused-ring (bicyclic) bond motifs is 1. The Morgan fingerprint density at radius 1 is 1.16 bits per heavy atom. The minimum Gasteiger partial charge on any atom is -0.464 e. The van der Waals surface area contributed by atoms with Gasteiger partial charge in [-0.05, 0) is 44.2 Å². The van der Waals surface area contributed by atoms with E-state index >= 15 is 0 Å². The quantitative estimate of drug-likeness (QED) is 0.503. The summed E-state index contributed by atoms with van der Waals surface area (Å²) >= 11 is 0. The fraction of sp³-hybridized carbons (Fsp3) is 0.300. The van der Waals surface area contributed by atoms with Gasteiger partial charge in [-0.2, -0.15) is 13.2 Å². The first kappa shape index (κ1) is 22.8. The molecular weight excluding hydrogens is 437 g/mol. The first-order chi connectivity index (χ1) is 14.6. The average molecular weight is 456 g/mol. The fourth-order valence-corrected chi connectivity index (χ4v) is 4.43. The van der Waals surface area contributed by atoms with Crippen LogP contribution in [0.25, 0.3) is 11.0 Å². The highest BCUT2D eigenvalue weighted by Crippen LogP contribution is 2.31. The van der Waals surface area contributed by atoms with Crippen molar-refractivity contribution in [2.75, 3.05) is 6.61 Å². The highest BCUT2D eigenvalue weighted by atomic mass is 32.2. The molecule has 3 rings (SSSR count). The molecule has 11 heteroatoms. The maximum absolute atomic E-state index is 13.3. The average Bonchev–Trinajstić information content (AvgIpc) is 3.10. The number of nitrogens with zero attached hydrogens (tertiary/aromatic N) is 2. The zero-order valence-corrected chi connectivity index (χ0v) is 17.4. The van der Waals surface area contributed by atoms with Crippen LogP contribution in [0.15, 0.2) is 53.4 Å². The van der Waals surface area contributed by atoms with Crippen LogP contribution < -0.4 is 0 Å². The number of ether oxygens (including phenoxy) is 2. The number of pyridine rings is 1. The lowest BCUT2D eigenvalue weighted by molar-refractivity contribution is -0.156. The molecule has 166 valence electrons. The number of hydrogen-bond acceptors (Lipinski definition) is 6. The number of aromatic nitrogens is 2. The van der Waals surface area contributed by atoms with Crippen molar-refractivity contribution in [2.45, 2.75) is 37.6 Å². The van der Waals surface area contributed by atoms with Crippen LogP contribution in [-0.4, -0.2) is 36.1 Å². The SMILES string of the molecule is CCOC(=O)C(C)OCc1cc2nc(C(F)(F)F)ccc2n1S(=O)(=O)c1ccccc1. The summed E-state index contributed by atoms with van der Waals surface area (Å²) in [6.45, 7) is 2.82. The third-order valence-electron chi connectivity index (χ3n) is 4.36. The van der Waals surface area contributed by atoms with Crippen molar-refractivity contribution in [3.05, 3.63) is 59.9 Å². The summed E-state index contributed by atoms with van der Waals surface area (Å²) in [4.78, 5) is 15.3. The molecule has 0 amide bonds. The maximum atomic E-state index is 13.3. The summed E-state index contributed by atoms with van der Waals surface area (Å²) in [5, 5.41) is 0. The number of carbonyl (C=O) groups is 1. The maximum Gasteiger partial charge on any atom is 0.433 e. The van der Waals surface area contributed by atoms with Crippen molar-refractivity contribution in [3.63, 3.8) is 0 Å². The van der Waals surface area contributed by atoms with Gasteiger partial charge in [-0.1, -0.05) is 18.2 Å². The Morgan fingerprint density at radius 2 is 1.84 bits per heavy atom. The Labute approximate surface area is 176 Å². The van der Waals surface area contributed by atoms with E-state index < -0.39 is 34.0 Å². The van der Waals surface area contributed by atoms with E-state index in [9.17, 15) is 26.4 Å². The summed E-state index contributed by atoms with van der Waals surface area (Å²) in [7, 11) is -4.18. The predicted molar refractivity (Wildman–Crippen MR) is 105 cm³/mol. The molecule has 1 unspecified atom stereocenters. The van der Waals surface area contributed by atoms with E-state index in [-0.39, 0.29) is 34.8 Å². The molecule has 0 bridgehead atoms. The Hall–Kier alpha value is -2.92. The van der Waals surface area contributed by atoms with Crippen molar-refractivity contribution in [1.29, 1.82) is 0 Å². The number of benzene rings is 1. The number of rotatable bonds is 7. The second-order valence-electron chi connectivity index (χ2n) is 6.52. The van der Waals surface area contributed by atoms with Crippen LogP contribution in [0.1, 0.15) is 25.2 Å². The minimum absolute atomic E-state index is 0.0156. The molecule has 0 saturated heterocycles. The fourth-order valence-electron chi connectivity index (χ4n) is 2.89. The lowest BCUT2D eigenvalue weighted by Crippen LogP contribution is -2.24. The molecule has 0 aliphatic heterocycles. The van der Waals surface area contributed by atoms with E-state index in [0.29, 0.717) is 6.07 Å². The van der Waals surface area contributed by atoms with Crippen molar-refractivity contribution >= 4 is 27.0 Å². The first-order valence-electron chi connectivity index (χ1n) is 9.23. The molecule has 0 aliphatic carbocycles. The van der Waals surface area contributed by atoms with Crippen LogP contribution in [0.4, 0.5) is 13.2 Å². The Bertz CT molecular complexity index is 1190. The monoisotopic (exact) mass is 456 g/mol. The summed E-state index contributed by atoms with van der Waals surface area (Å²) in [5.74, 6) is -0.645. The molecule has 1 aromatic carbocycles. The molecule has 0 spiro atoms. The third kappa shape index (κ3) is 4.72. The van der Waals surface area contributed by atoms with Gasteiger partial charge < -0.3 is 9.47 Å². The Morgan fingerprint density at radius 3 is 2.45 bits per heavy atom. The minimum atomic E-state index is -4.69. The van der Waals surface area contributed by atoms with Crippen LogP contribution in [0.5, 0.6) is 0 Å². The highest BCUT2D eigenvalue weighted by molar-refractivity contribution is 7.90. The standard InChI is InChI=1S/C20H19F3N2O5S/c1-3-29-19(26)13(2)30-12-14-11-16-17(9-10-18(24-16)20(21,22)23)25(14)31(27,28)15-7-5-4-6-8-15/h4-11,13H,3,12H2,1-2H3. The molecule has 2 heterocycles. The zero-order chi connectivity index (χ0) is 22.8. The molecule has 0 aliphatic rings. The molecule has 0 radical (unpaired) electrons. The van der Waals surface area contributed by atoms with Crippen molar-refractivity contribution in [3.8, 4) is 0 Å². The Kier molecular flexibility index (Phi) is 6.37. The van der Waals surface area contributed by atoms with Crippen LogP contribution >= 0.6 is 0 Å². The normalized spacial score (nSPS) is 13.3. The van der Waals surface area contributed by atoms with Gasteiger partial charge in [0.15, 0.2) is 6.10 Å². The van der Waals surface area contributed by atoms with Crippen molar-refractivity contribution in [2.24, 2.45) is 0 Å². The number of carbonyl (C=O) groups excluding carboxylic acids is 1. The third-order valence-corrected chi connectivity index (χ3v) is 6.14. The van der Waals surface area contributed by atoms with E-state index in [1.807, 2.05) is 0 Å². The second kappa shape index (κ2) is 8.67. The van der Waals surface area contributed by atoms with Crippen LogP contribution in [0, 0.1) is 0 Å². The molecule has 3 aromatic rings. The van der Waals surface area contributed by atoms with E-state index in [0.717, 1.165) is 10.0 Å². The summed E-state index contributed by atoms with van der Waals surface area (Å²) in [6, 6.07) is 10.4. The predicted octanol–water partition coefficient (Wildman–Crippen LogP) is 3.76. The first-order valence-corrected chi connectivity index (χ1v) is 10.7. The highest BCUT2D eigenvalue weighted by Gasteiger charge is 2.33. The number of halogens is 3. The smallest absolute Gasteiger partial charge is 0.433 e. The molecule has 7 nitrogen and oxygen atoms in total. The number of hydrogen-bond donors (Lipinski definition) is 0. The summed E-state index contributed by atoms with van der Waals surface area (Å²) in [5.41, 5.74) is -1.35. The van der Waals surface area contributed by atoms with Crippen LogP contribution in [0.2, 0.25) is 0 Å². The van der Waals surface area contributed by atoms with E-state index in [1.54, 1.807) is 13.0 Å². The molecule has 31 heavy (non-hydrogen) atoms. The molecule has 0 N–H and O–H groups in total. The lowest BCUT2D eigenvalue weighted by atomic mass is 10.3. The summed E-state index contributed by atoms with van der Waals surface area (Å²) in [6.07, 6.45) is -5.70. The van der Waals surface area contributed by atoms with Gasteiger partial charge in [0.2, 0.25) is 0 Å². The van der Waals surface area contributed by atoms with Crippen molar-refractivity contribution in [1.82, 2.24) is 8.96 Å². The van der Waals surface area contributed by atoms with Gasteiger partial charge in [-0.3, -0.25) is 0 Å². The van der Waals surface area contributed by atoms with E-state index in [2.05, 4.69) is 4.98 Å². The number of alkyl halides is 3.